The van der Waals surface area contributed by atoms with E-state index in [0.717, 1.165) is 35.5 Å². The zero-order valence-electron chi connectivity index (χ0n) is 31.1. The highest BCUT2D eigenvalue weighted by atomic mass is 15.1. The standard InChI is InChI=1S/C53H47N/c1-2-10-36(11-3-1)37-12-8-13-41(30-37)54(50-19-9-18-48-51(50)45-15-5-6-16-46(45)52(48)32-33-20-21-38(52)25-33)42-22-23-44-43-14-4-7-17-47(43)53(49(44)31-42)39-26-34-24-35(28-39)29-40(53)27-34/h1-19,22-23,30-31,33-35,38-40H,20-21,24-29,32H2/t33-,34?,35?,38+,39?,40?,52-,53?/m0/s1. The van der Waals surface area contributed by atoms with Crippen LogP contribution in [0.1, 0.15) is 80.0 Å². The Kier molecular flexibility index (Phi) is 6.13. The maximum Gasteiger partial charge on any atom is 0.0543 e. The summed E-state index contributed by atoms with van der Waals surface area (Å²) in [5.41, 5.74) is 19.0. The minimum Gasteiger partial charge on any atom is -0.310 e. The Morgan fingerprint density at radius 1 is 0.426 bits per heavy atom. The number of nitrogens with zero attached hydrogens (tertiary/aromatic N) is 1. The van der Waals surface area contributed by atoms with E-state index < -0.39 is 0 Å². The summed E-state index contributed by atoms with van der Waals surface area (Å²) in [6, 6.07) is 54.5. The summed E-state index contributed by atoms with van der Waals surface area (Å²) in [6.45, 7) is 0. The van der Waals surface area contributed by atoms with Crippen LogP contribution >= 0.6 is 0 Å². The fourth-order valence-electron chi connectivity index (χ4n) is 14.8. The average molecular weight is 698 g/mol. The van der Waals surface area contributed by atoms with Crippen molar-refractivity contribution in [3.8, 4) is 33.4 Å². The molecule has 6 aromatic rings. The predicted octanol–water partition coefficient (Wildman–Crippen LogP) is 13.6. The summed E-state index contributed by atoms with van der Waals surface area (Å²) in [5.74, 6) is 4.94. The first-order valence-corrected chi connectivity index (χ1v) is 21.1. The largest absolute Gasteiger partial charge is 0.310 e. The van der Waals surface area contributed by atoms with Gasteiger partial charge in [0.25, 0.3) is 0 Å². The number of hydrogen-bond acceptors (Lipinski definition) is 1. The normalized spacial score (nSPS) is 31.2. The quantitative estimate of drug-likeness (QED) is 0.177. The van der Waals surface area contributed by atoms with E-state index >= 15 is 0 Å². The molecule has 0 N–H and O–H groups in total. The molecule has 0 unspecified atom stereocenters. The Labute approximate surface area is 320 Å². The molecule has 0 amide bonds. The van der Waals surface area contributed by atoms with Gasteiger partial charge < -0.3 is 4.90 Å². The predicted molar refractivity (Wildman–Crippen MR) is 221 cm³/mol. The highest BCUT2D eigenvalue weighted by molar-refractivity contribution is 5.96. The van der Waals surface area contributed by atoms with Crippen LogP contribution in [0.3, 0.4) is 0 Å². The van der Waals surface area contributed by atoms with Gasteiger partial charge in [0.05, 0.1) is 5.69 Å². The van der Waals surface area contributed by atoms with Gasteiger partial charge in [-0.05, 0) is 167 Å². The maximum absolute atomic E-state index is 2.69. The summed E-state index contributed by atoms with van der Waals surface area (Å²) in [4.78, 5) is 2.67. The number of benzene rings is 6. The summed E-state index contributed by atoms with van der Waals surface area (Å²) < 4.78 is 0. The van der Waals surface area contributed by atoms with Crippen LogP contribution in [0, 0.1) is 35.5 Å². The number of fused-ring (bicyclic) bond motifs is 11. The second-order valence-electron chi connectivity index (χ2n) is 18.5. The molecule has 0 aliphatic heterocycles. The van der Waals surface area contributed by atoms with Gasteiger partial charge >= 0.3 is 0 Å². The Bertz CT molecular complexity index is 2480. The monoisotopic (exact) mass is 697 g/mol. The molecule has 54 heavy (non-hydrogen) atoms. The molecule has 0 aromatic heterocycles. The van der Waals surface area contributed by atoms with Crippen molar-refractivity contribution in [2.75, 3.05) is 4.90 Å². The van der Waals surface area contributed by atoms with E-state index in [1.165, 1.54) is 108 Å². The molecule has 6 fully saturated rings. The van der Waals surface area contributed by atoms with E-state index in [9.17, 15) is 0 Å². The number of rotatable bonds is 4. The van der Waals surface area contributed by atoms with Crippen LogP contribution in [0.2, 0.25) is 0 Å². The summed E-state index contributed by atoms with van der Waals surface area (Å²) in [5, 5.41) is 0. The molecule has 6 aromatic carbocycles. The first kappa shape index (κ1) is 30.4. The molecule has 8 aliphatic rings. The molecule has 14 rings (SSSR count). The third-order valence-corrected chi connectivity index (χ3v) is 16.3. The topological polar surface area (TPSA) is 3.24 Å². The van der Waals surface area contributed by atoms with Crippen LogP contribution in [-0.2, 0) is 10.8 Å². The molecule has 1 nitrogen and oxygen atoms in total. The minimum absolute atomic E-state index is 0.130. The van der Waals surface area contributed by atoms with Gasteiger partial charge in [0.2, 0.25) is 0 Å². The highest BCUT2D eigenvalue weighted by Gasteiger charge is 2.62. The lowest BCUT2D eigenvalue weighted by Gasteiger charge is -2.61. The zero-order chi connectivity index (χ0) is 35.2. The van der Waals surface area contributed by atoms with Crippen LogP contribution in [-0.4, -0.2) is 0 Å². The van der Waals surface area contributed by atoms with E-state index in [0.29, 0.717) is 0 Å². The Hall–Kier alpha value is -4.88. The van der Waals surface area contributed by atoms with E-state index in [1.807, 2.05) is 0 Å². The third-order valence-electron chi connectivity index (χ3n) is 16.3. The van der Waals surface area contributed by atoms with Crippen molar-refractivity contribution < 1.29 is 0 Å². The van der Waals surface area contributed by atoms with Gasteiger partial charge in [0.15, 0.2) is 0 Å². The molecule has 6 bridgehead atoms. The first-order chi connectivity index (χ1) is 26.7. The SMILES string of the molecule is c1ccc(-c2cccc(N(c3ccc4c(c3)C3(c5ccccc5-4)C4CC5CC(C4)CC3C5)c3cccc4c3-c3ccccc3[C@@]43C[C@H]4CC[C@@H]3C4)c2)cc1. The van der Waals surface area contributed by atoms with Crippen molar-refractivity contribution >= 4 is 17.1 Å². The Balaban J connectivity index is 1.06. The van der Waals surface area contributed by atoms with Crippen molar-refractivity contribution in [2.24, 2.45) is 35.5 Å². The van der Waals surface area contributed by atoms with Crippen molar-refractivity contribution in [3.63, 3.8) is 0 Å². The molecular weight excluding hydrogens is 651 g/mol. The second-order valence-corrected chi connectivity index (χ2v) is 18.5. The van der Waals surface area contributed by atoms with Gasteiger partial charge in [-0.15, -0.1) is 0 Å². The van der Waals surface area contributed by atoms with Crippen LogP contribution < -0.4 is 4.90 Å². The molecule has 264 valence electrons. The van der Waals surface area contributed by atoms with Crippen LogP contribution in [0.15, 0.2) is 140 Å². The zero-order valence-corrected chi connectivity index (χ0v) is 31.1. The van der Waals surface area contributed by atoms with Crippen molar-refractivity contribution in [2.45, 2.75) is 68.6 Å². The molecule has 8 aliphatic carbocycles. The highest BCUT2D eigenvalue weighted by Crippen LogP contribution is 2.70. The molecule has 0 radical (unpaired) electrons. The van der Waals surface area contributed by atoms with Crippen molar-refractivity contribution in [1.82, 2.24) is 0 Å². The molecule has 1 heteroatoms. The minimum atomic E-state index is 0.130. The van der Waals surface area contributed by atoms with Gasteiger partial charge in [-0.3, -0.25) is 0 Å². The van der Waals surface area contributed by atoms with Crippen LogP contribution in [0.4, 0.5) is 17.1 Å². The van der Waals surface area contributed by atoms with Gasteiger partial charge in [-0.1, -0.05) is 116 Å². The molecule has 3 atom stereocenters. The lowest BCUT2D eigenvalue weighted by Crippen LogP contribution is -2.55. The molecule has 0 saturated heterocycles. The lowest BCUT2D eigenvalue weighted by molar-refractivity contribution is -0.0399. The number of hydrogen-bond donors (Lipinski definition) is 0. The first-order valence-electron chi connectivity index (χ1n) is 21.1. The molecule has 6 saturated carbocycles. The molecule has 2 spiro atoms. The van der Waals surface area contributed by atoms with Crippen LogP contribution in [0.25, 0.3) is 33.4 Å². The fourth-order valence-corrected chi connectivity index (χ4v) is 14.8. The van der Waals surface area contributed by atoms with E-state index in [1.54, 1.807) is 22.3 Å². The van der Waals surface area contributed by atoms with E-state index in [2.05, 4.69) is 144 Å². The Morgan fingerprint density at radius 3 is 1.85 bits per heavy atom. The van der Waals surface area contributed by atoms with Gasteiger partial charge in [0, 0.05) is 27.8 Å². The third kappa shape index (κ3) is 3.81. The molecular formula is C53H47N. The molecule has 0 heterocycles. The fraction of sp³-hybridized carbons (Fsp3) is 0.321. The van der Waals surface area contributed by atoms with E-state index in [-0.39, 0.29) is 10.8 Å². The summed E-state index contributed by atoms with van der Waals surface area (Å²) in [6.07, 6.45) is 12.6. The summed E-state index contributed by atoms with van der Waals surface area (Å²) in [7, 11) is 0. The van der Waals surface area contributed by atoms with Crippen LogP contribution in [0.5, 0.6) is 0 Å². The smallest absolute Gasteiger partial charge is 0.0543 e. The van der Waals surface area contributed by atoms with Gasteiger partial charge in [-0.2, -0.15) is 0 Å². The Morgan fingerprint density at radius 2 is 1.07 bits per heavy atom. The number of anilines is 3. The van der Waals surface area contributed by atoms with Gasteiger partial charge in [-0.25, -0.2) is 0 Å². The second kappa shape index (κ2) is 10.9. The lowest BCUT2D eigenvalue weighted by atomic mass is 9.43. The van der Waals surface area contributed by atoms with Gasteiger partial charge in [0.1, 0.15) is 0 Å². The summed E-state index contributed by atoms with van der Waals surface area (Å²) >= 11 is 0. The van der Waals surface area contributed by atoms with Crippen molar-refractivity contribution in [1.29, 1.82) is 0 Å². The van der Waals surface area contributed by atoms with E-state index in [4.69, 9.17) is 0 Å². The maximum atomic E-state index is 2.69. The average Bonchev–Trinajstić information content (AvgIpc) is 3.98. The van der Waals surface area contributed by atoms with Crippen molar-refractivity contribution in [3.05, 3.63) is 162 Å².